The number of aryl methyl sites for hydroxylation is 1. The van der Waals surface area contributed by atoms with Crippen LogP contribution in [0, 0.1) is 5.92 Å². The molecule has 0 heterocycles. The smallest absolute Gasteiger partial charge is 0.314 e. The third-order valence-electron chi connectivity index (χ3n) is 5.10. The molecule has 1 saturated carbocycles. The summed E-state index contributed by atoms with van der Waals surface area (Å²) in [6, 6.07) is 8.20. The fraction of sp³-hybridized carbons (Fsp3) is 0.588. The predicted octanol–water partition coefficient (Wildman–Crippen LogP) is 3.93. The van der Waals surface area contributed by atoms with E-state index >= 15 is 0 Å². The van der Waals surface area contributed by atoms with Crippen LogP contribution in [-0.4, -0.2) is 11.1 Å². The van der Waals surface area contributed by atoms with Gasteiger partial charge in [0.2, 0.25) is 0 Å². The van der Waals surface area contributed by atoms with Crippen LogP contribution in [0.15, 0.2) is 24.3 Å². The summed E-state index contributed by atoms with van der Waals surface area (Å²) < 4.78 is 0. The lowest BCUT2D eigenvalue weighted by Crippen LogP contribution is -2.40. The first-order valence-electron chi connectivity index (χ1n) is 7.54. The molecule has 1 N–H and O–H groups in total. The molecule has 19 heavy (non-hydrogen) atoms. The Kier molecular flexibility index (Phi) is 3.34. The molecule has 1 aromatic rings. The van der Waals surface area contributed by atoms with E-state index in [-0.39, 0.29) is 0 Å². The molecule has 2 heteroatoms. The lowest BCUT2D eigenvalue weighted by atomic mass is 9.65. The zero-order valence-corrected chi connectivity index (χ0v) is 11.4. The highest BCUT2D eigenvalue weighted by Crippen LogP contribution is 2.45. The van der Waals surface area contributed by atoms with Crippen molar-refractivity contribution in [3.8, 4) is 0 Å². The highest BCUT2D eigenvalue weighted by Gasteiger charge is 2.45. The van der Waals surface area contributed by atoms with Crippen molar-refractivity contribution in [1.29, 1.82) is 0 Å². The average molecular weight is 258 g/mol. The van der Waals surface area contributed by atoms with Crippen LogP contribution < -0.4 is 0 Å². The molecule has 0 amide bonds. The van der Waals surface area contributed by atoms with E-state index in [1.165, 1.54) is 31.2 Å². The van der Waals surface area contributed by atoms with E-state index < -0.39 is 11.4 Å². The van der Waals surface area contributed by atoms with E-state index in [2.05, 4.69) is 12.1 Å². The van der Waals surface area contributed by atoms with E-state index in [0.717, 1.165) is 31.2 Å². The number of benzene rings is 1. The normalized spacial score (nSPS) is 27.2. The molecule has 1 unspecified atom stereocenters. The minimum atomic E-state index is -0.607. The number of aliphatic carboxylic acids is 1. The Bertz CT molecular complexity index is 474. The van der Waals surface area contributed by atoms with Gasteiger partial charge in [-0.05, 0) is 42.7 Å². The Hall–Kier alpha value is -1.31. The minimum Gasteiger partial charge on any atom is -0.481 e. The van der Waals surface area contributed by atoms with Crippen LogP contribution in [0.3, 0.4) is 0 Å². The molecule has 0 aliphatic heterocycles. The van der Waals surface area contributed by atoms with Gasteiger partial charge >= 0.3 is 5.97 Å². The molecule has 1 aromatic carbocycles. The summed E-state index contributed by atoms with van der Waals surface area (Å²) in [6.45, 7) is 0. The molecule has 2 aliphatic rings. The topological polar surface area (TPSA) is 37.3 Å². The molecule has 0 saturated heterocycles. The number of carboxylic acid groups (broad SMARTS) is 1. The standard InChI is InChI=1S/C17H22O2/c18-16(19)17(12-13-6-1-2-7-13)11-5-9-14-8-3-4-10-15(14)17/h3-4,8,10,13H,1-2,5-7,9,11-12H2,(H,18,19). The molecule has 2 aliphatic carbocycles. The van der Waals surface area contributed by atoms with E-state index in [1.807, 2.05) is 12.1 Å². The molecule has 1 fully saturated rings. The van der Waals surface area contributed by atoms with Crippen molar-refractivity contribution in [2.75, 3.05) is 0 Å². The van der Waals surface area contributed by atoms with Crippen molar-refractivity contribution in [2.24, 2.45) is 5.92 Å². The Balaban J connectivity index is 1.99. The molecular formula is C17H22O2. The first kappa shape index (κ1) is 12.7. The zero-order chi connectivity index (χ0) is 13.3. The van der Waals surface area contributed by atoms with E-state index in [4.69, 9.17) is 0 Å². The second-order valence-corrected chi connectivity index (χ2v) is 6.25. The third kappa shape index (κ3) is 2.18. The van der Waals surface area contributed by atoms with Gasteiger partial charge in [-0.2, -0.15) is 0 Å². The fourth-order valence-electron chi connectivity index (χ4n) is 4.15. The summed E-state index contributed by atoms with van der Waals surface area (Å²) in [7, 11) is 0. The van der Waals surface area contributed by atoms with Crippen LogP contribution in [0.2, 0.25) is 0 Å². The Morgan fingerprint density at radius 3 is 2.68 bits per heavy atom. The van der Waals surface area contributed by atoms with Gasteiger partial charge in [0, 0.05) is 0 Å². The van der Waals surface area contributed by atoms with Gasteiger partial charge in [0.1, 0.15) is 0 Å². The molecule has 3 rings (SSSR count). The van der Waals surface area contributed by atoms with Gasteiger partial charge in [0.25, 0.3) is 0 Å². The van der Waals surface area contributed by atoms with Crippen molar-refractivity contribution in [3.05, 3.63) is 35.4 Å². The van der Waals surface area contributed by atoms with Crippen LogP contribution in [0.25, 0.3) is 0 Å². The number of carbonyl (C=O) groups is 1. The number of hydrogen-bond donors (Lipinski definition) is 1. The molecule has 1 atom stereocenters. The summed E-state index contributed by atoms with van der Waals surface area (Å²) >= 11 is 0. The summed E-state index contributed by atoms with van der Waals surface area (Å²) in [5.41, 5.74) is 1.75. The predicted molar refractivity (Wildman–Crippen MR) is 75.3 cm³/mol. The first-order valence-corrected chi connectivity index (χ1v) is 7.54. The van der Waals surface area contributed by atoms with Gasteiger partial charge in [0.05, 0.1) is 5.41 Å². The summed E-state index contributed by atoms with van der Waals surface area (Å²) in [5, 5.41) is 9.90. The molecule has 0 aromatic heterocycles. The Morgan fingerprint density at radius 1 is 1.21 bits per heavy atom. The SMILES string of the molecule is O=C(O)C1(CC2CCCC2)CCCc2ccccc21. The van der Waals surface area contributed by atoms with Crippen molar-refractivity contribution >= 4 is 5.97 Å². The van der Waals surface area contributed by atoms with Crippen LogP contribution in [-0.2, 0) is 16.6 Å². The average Bonchev–Trinajstić information content (AvgIpc) is 2.91. The zero-order valence-electron chi connectivity index (χ0n) is 11.4. The Labute approximate surface area is 114 Å². The van der Waals surface area contributed by atoms with Gasteiger partial charge in [0.15, 0.2) is 0 Å². The van der Waals surface area contributed by atoms with E-state index in [0.29, 0.717) is 5.92 Å². The van der Waals surface area contributed by atoms with Crippen LogP contribution in [0.1, 0.15) is 56.1 Å². The summed E-state index contributed by atoms with van der Waals surface area (Å²) in [6.07, 6.45) is 8.71. The monoisotopic (exact) mass is 258 g/mol. The largest absolute Gasteiger partial charge is 0.481 e. The van der Waals surface area contributed by atoms with Crippen molar-refractivity contribution in [3.63, 3.8) is 0 Å². The van der Waals surface area contributed by atoms with Crippen LogP contribution >= 0.6 is 0 Å². The molecule has 0 spiro atoms. The molecule has 2 nitrogen and oxygen atoms in total. The van der Waals surface area contributed by atoms with Crippen molar-refractivity contribution in [2.45, 2.75) is 56.8 Å². The van der Waals surface area contributed by atoms with E-state index in [1.54, 1.807) is 0 Å². The van der Waals surface area contributed by atoms with Gasteiger partial charge in [-0.25, -0.2) is 0 Å². The number of rotatable bonds is 3. The Morgan fingerprint density at radius 2 is 1.95 bits per heavy atom. The second-order valence-electron chi connectivity index (χ2n) is 6.25. The van der Waals surface area contributed by atoms with Gasteiger partial charge < -0.3 is 5.11 Å². The maximum atomic E-state index is 12.0. The first-order chi connectivity index (χ1) is 9.22. The van der Waals surface area contributed by atoms with E-state index in [9.17, 15) is 9.90 Å². The summed E-state index contributed by atoms with van der Waals surface area (Å²) in [5.74, 6) is 0.00815. The molecule has 0 bridgehead atoms. The highest BCUT2D eigenvalue weighted by molar-refractivity contribution is 5.82. The number of hydrogen-bond acceptors (Lipinski definition) is 1. The third-order valence-corrected chi connectivity index (χ3v) is 5.10. The van der Waals surface area contributed by atoms with Crippen LogP contribution in [0.4, 0.5) is 0 Å². The maximum Gasteiger partial charge on any atom is 0.314 e. The van der Waals surface area contributed by atoms with Crippen LogP contribution in [0.5, 0.6) is 0 Å². The van der Waals surface area contributed by atoms with Gasteiger partial charge in [-0.3, -0.25) is 4.79 Å². The second kappa shape index (κ2) is 4.99. The summed E-state index contributed by atoms with van der Waals surface area (Å²) in [4.78, 5) is 12.0. The molecular weight excluding hydrogens is 236 g/mol. The van der Waals surface area contributed by atoms with Crippen molar-refractivity contribution < 1.29 is 9.90 Å². The lowest BCUT2D eigenvalue weighted by Gasteiger charge is -2.37. The number of fused-ring (bicyclic) bond motifs is 1. The highest BCUT2D eigenvalue weighted by atomic mass is 16.4. The minimum absolute atomic E-state index is 0.605. The van der Waals surface area contributed by atoms with Gasteiger partial charge in [-0.1, -0.05) is 49.9 Å². The molecule has 102 valence electrons. The fourth-order valence-corrected chi connectivity index (χ4v) is 4.15. The van der Waals surface area contributed by atoms with Crippen molar-refractivity contribution in [1.82, 2.24) is 0 Å². The molecule has 0 radical (unpaired) electrons. The number of carboxylic acids is 1. The quantitative estimate of drug-likeness (QED) is 0.892. The van der Waals surface area contributed by atoms with Gasteiger partial charge in [-0.15, -0.1) is 0 Å². The maximum absolute atomic E-state index is 12.0. The lowest BCUT2D eigenvalue weighted by molar-refractivity contribution is -0.145.